The summed E-state index contributed by atoms with van der Waals surface area (Å²) in [4.78, 5) is 20.3. The van der Waals surface area contributed by atoms with Crippen LogP contribution in [0, 0.1) is 20.2 Å². The minimum atomic E-state index is -0.702. The van der Waals surface area contributed by atoms with Crippen molar-refractivity contribution in [3.63, 3.8) is 0 Å². The number of nitro benzene ring substituents is 2. The van der Waals surface area contributed by atoms with Crippen LogP contribution in [-0.4, -0.2) is 9.85 Å². The Labute approximate surface area is 128 Å². The molecule has 0 radical (unpaired) electrons. The molecule has 9 heteroatoms. The van der Waals surface area contributed by atoms with Crippen LogP contribution >= 0.6 is 23.2 Å². The molecule has 0 bridgehead atoms. The van der Waals surface area contributed by atoms with Crippen LogP contribution in [0.15, 0.2) is 36.4 Å². The van der Waals surface area contributed by atoms with Crippen molar-refractivity contribution in [3.8, 4) is 0 Å². The van der Waals surface area contributed by atoms with Crippen molar-refractivity contribution in [2.75, 3.05) is 5.32 Å². The standard InChI is InChI=1S/C12H7Cl2N3O4/c13-9-3-1-7(5-10(9)14)15-11-4-2-8(16(18)19)6-12(11)17(20)21/h1-6,15H. The number of benzene rings is 2. The Bertz CT molecular complexity index is 736. The maximum Gasteiger partial charge on any atom is 0.299 e. The lowest BCUT2D eigenvalue weighted by molar-refractivity contribution is -0.393. The summed E-state index contributed by atoms with van der Waals surface area (Å²) in [5.41, 5.74) is -0.179. The Hall–Kier alpha value is -2.38. The molecule has 0 aliphatic carbocycles. The topological polar surface area (TPSA) is 98.3 Å². The van der Waals surface area contributed by atoms with Crippen LogP contribution in [0.5, 0.6) is 0 Å². The fourth-order valence-corrected chi connectivity index (χ4v) is 1.92. The quantitative estimate of drug-likeness (QED) is 0.655. The number of nitro groups is 2. The first-order valence-electron chi connectivity index (χ1n) is 5.53. The summed E-state index contributed by atoms with van der Waals surface area (Å²) in [5.74, 6) is 0. The number of non-ortho nitro benzene ring substituents is 1. The van der Waals surface area contributed by atoms with Gasteiger partial charge in [0.1, 0.15) is 5.69 Å². The van der Waals surface area contributed by atoms with Crippen LogP contribution in [0.1, 0.15) is 0 Å². The molecule has 1 N–H and O–H groups in total. The van der Waals surface area contributed by atoms with E-state index < -0.39 is 15.5 Å². The van der Waals surface area contributed by atoms with Crippen LogP contribution in [-0.2, 0) is 0 Å². The van der Waals surface area contributed by atoms with Crippen molar-refractivity contribution in [1.29, 1.82) is 0 Å². The predicted molar refractivity (Wildman–Crippen MR) is 79.5 cm³/mol. The van der Waals surface area contributed by atoms with Gasteiger partial charge in [0, 0.05) is 11.8 Å². The summed E-state index contributed by atoms with van der Waals surface area (Å²) < 4.78 is 0. The highest BCUT2D eigenvalue weighted by Crippen LogP contribution is 2.33. The van der Waals surface area contributed by atoms with Gasteiger partial charge in [-0.3, -0.25) is 20.2 Å². The second-order valence-corrected chi connectivity index (χ2v) is 4.78. The number of rotatable bonds is 4. The molecule has 108 valence electrons. The smallest absolute Gasteiger partial charge is 0.299 e. The summed E-state index contributed by atoms with van der Waals surface area (Å²) in [6.45, 7) is 0. The molecule has 0 fully saturated rings. The molecule has 0 aliphatic heterocycles. The lowest BCUT2D eigenvalue weighted by Crippen LogP contribution is -1.98. The molecule has 0 saturated heterocycles. The van der Waals surface area contributed by atoms with E-state index in [-0.39, 0.29) is 16.4 Å². The number of nitrogens with zero attached hydrogens (tertiary/aromatic N) is 2. The number of hydrogen-bond donors (Lipinski definition) is 1. The van der Waals surface area contributed by atoms with E-state index in [0.717, 1.165) is 6.07 Å². The van der Waals surface area contributed by atoms with Gasteiger partial charge in [0.2, 0.25) is 0 Å². The third kappa shape index (κ3) is 3.39. The molecule has 2 aromatic carbocycles. The maximum absolute atomic E-state index is 11.0. The van der Waals surface area contributed by atoms with Gasteiger partial charge in [-0.05, 0) is 24.3 Å². The summed E-state index contributed by atoms with van der Waals surface area (Å²) in [5, 5.41) is 25.1. The Morgan fingerprint density at radius 2 is 1.62 bits per heavy atom. The molecular formula is C12H7Cl2N3O4. The van der Waals surface area contributed by atoms with E-state index in [1.807, 2.05) is 0 Å². The maximum atomic E-state index is 11.0. The first-order valence-corrected chi connectivity index (χ1v) is 6.29. The van der Waals surface area contributed by atoms with E-state index in [1.165, 1.54) is 24.3 Å². The molecule has 0 unspecified atom stereocenters. The third-order valence-corrected chi connectivity index (χ3v) is 3.33. The van der Waals surface area contributed by atoms with Crippen molar-refractivity contribution in [1.82, 2.24) is 0 Å². The van der Waals surface area contributed by atoms with Crippen molar-refractivity contribution in [3.05, 3.63) is 66.7 Å². The molecule has 0 aromatic heterocycles. The molecular weight excluding hydrogens is 321 g/mol. The number of hydrogen-bond acceptors (Lipinski definition) is 5. The SMILES string of the molecule is O=[N+]([O-])c1ccc(Nc2ccc(Cl)c(Cl)c2)c([N+](=O)[O-])c1. The molecule has 0 saturated carbocycles. The molecule has 2 rings (SSSR count). The van der Waals surface area contributed by atoms with Crippen LogP contribution in [0.4, 0.5) is 22.7 Å². The third-order valence-electron chi connectivity index (χ3n) is 2.59. The second-order valence-electron chi connectivity index (χ2n) is 3.97. The molecule has 0 amide bonds. The molecule has 0 heterocycles. The van der Waals surface area contributed by atoms with Gasteiger partial charge >= 0.3 is 0 Å². The molecule has 21 heavy (non-hydrogen) atoms. The molecule has 2 aromatic rings. The van der Waals surface area contributed by atoms with Crippen LogP contribution in [0.3, 0.4) is 0 Å². The molecule has 7 nitrogen and oxygen atoms in total. The van der Waals surface area contributed by atoms with Gasteiger partial charge in [-0.25, -0.2) is 0 Å². The van der Waals surface area contributed by atoms with Gasteiger partial charge in [0.25, 0.3) is 11.4 Å². The minimum Gasteiger partial charge on any atom is -0.350 e. The number of nitrogens with one attached hydrogen (secondary N) is 1. The molecule has 0 atom stereocenters. The fraction of sp³-hybridized carbons (Fsp3) is 0. The van der Waals surface area contributed by atoms with Crippen LogP contribution < -0.4 is 5.32 Å². The van der Waals surface area contributed by atoms with Gasteiger partial charge < -0.3 is 5.32 Å². The summed E-state index contributed by atoms with van der Waals surface area (Å²) >= 11 is 11.6. The van der Waals surface area contributed by atoms with E-state index in [4.69, 9.17) is 23.2 Å². The normalized spacial score (nSPS) is 10.2. The Kier molecular flexibility index (Phi) is 4.25. The summed E-state index contributed by atoms with van der Waals surface area (Å²) in [7, 11) is 0. The monoisotopic (exact) mass is 327 g/mol. The summed E-state index contributed by atoms with van der Waals surface area (Å²) in [6, 6.07) is 7.93. The average Bonchev–Trinajstić information content (AvgIpc) is 2.43. The van der Waals surface area contributed by atoms with Gasteiger partial charge in [-0.2, -0.15) is 0 Å². The largest absolute Gasteiger partial charge is 0.350 e. The highest BCUT2D eigenvalue weighted by molar-refractivity contribution is 6.42. The first-order chi connectivity index (χ1) is 9.88. The van der Waals surface area contributed by atoms with Gasteiger partial charge in [-0.15, -0.1) is 0 Å². The lowest BCUT2D eigenvalue weighted by Gasteiger charge is -2.08. The highest BCUT2D eigenvalue weighted by atomic mass is 35.5. The van der Waals surface area contributed by atoms with Gasteiger partial charge in [-0.1, -0.05) is 23.2 Å². The first kappa shape index (κ1) is 15.0. The van der Waals surface area contributed by atoms with Crippen LogP contribution in [0.2, 0.25) is 10.0 Å². The molecule has 0 spiro atoms. The second kappa shape index (κ2) is 5.94. The minimum absolute atomic E-state index is 0.115. The van der Waals surface area contributed by atoms with Gasteiger partial charge in [0.05, 0.1) is 26.0 Å². The van der Waals surface area contributed by atoms with Crippen molar-refractivity contribution in [2.24, 2.45) is 0 Å². The van der Waals surface area contributed by atoms with Gasteiger partial charge in [0.15, 0.2) is 0 Å². The Morgan fingerprint density at radius 3 is 2.19 bits per heavy atom. The van der Waals surface area contributed by atoms with E-state index in [9.17, 15) is 20.2 Å². The Balaban J connectivity index is 2.41. The zero-order valence-electron chi connectivity index (χ0n) is 10.2. The summed E-state index contributed by atoms with van der Waals surface area (Å²) in [6.07, 6.45) is 0. The predicted octanol–water partition coefficient (Wildman–Crippen LogP) is 4.55. The fourth-order valence-electron chi connectivity index (χ4n) is 1.62. The van der Waals surface area contributed by atoms with E-state index in [1.54, 1.807) is 6.07 Å². The van der Waals surface area contributed by atoms with E-state index >= 15 is 0 Å². The van der Waals surface area contributed by atoms with E-state index in [0.29, 0.717) is 10.7 Å². The van der Waals surface area contributed by atoms with Crippen molar-refractivity contribution >= 4 is 46.0 Å². The lowest BCUT2D eigenvalue weighted by atomic mass is 10.2. The number of anilines is 2. The average molecular weight is 328 g/mol. The van der Waals surface area contributed by atoms with Crippen molar-refractivity contribution < 1.29 is 9.85 Å². The highest BCUT2D eigenvalue weighted by Gasteiger charge is 2.19. The zero-order valence-corrected chi connectivity index (χ0v) is 11.8. The zero-order chi connectivity index (χ0) is 15.6. The number of halogens is 2. The van der Waals surface area contributed by atoms with Crippen molar-refractivity contribution in [2.45, 2.75) is 0 Å². The Morgan fingerprint density at radius 1 is 0.905 bits per heavy atom. The van der Waals surface area contributed by atoms with E-state index in [2.05, 4.69) is 5.32 Å². The van der Waals surface area contributed by atoms with Crippen LogP contribution in [0.25, 0.3) is 0 Å². The molecule has 0 aliphatic rings.